The summed E-state index contributed by atoms with van der Waals surface area (Å²) < 4.78 is 20.6. The molecule has 1 heterocycles. The molecule has 0 unspecified atom stereocenters. The molecule has 2 N–H and O–H groups in total. The summed E-state index contributed by atoms with van der Waals surface area (Å²) in [6, 6.07) is 4.85. The molecule has 4 nitrogen and oxygen atoms in total. The summed E-state index contributed by atoms with van der Waals surface area (Å²) in [6.45, 7) is 0.502. The van der Waals surface area contributed by atoms with Gasteiger partial charge in [0.1, 0.15) is 0 Å². The molecule has 0 spiro atoms. The first-order valence-electron chi connectivity index (χ1n) is 5.34. The van der Waals surface area contributed by atoms with Crippen LogP contribution in [-0.4, -0.2) is 16.3 Å². The first kappa shape index (κ1) is 11.6. The second kappa shape index (κ2) is 4.97. The van der Waals surface area contributed by atoms with Gasteiger partial charge in [-0.15, -0.1) is 0 Å². The van der Waals surface area contributed by atoms with E-state index in [0.29, 0.717) is 18.7 Å². The van der Waals surface area contributed by atoms with Gasteiger partial charge >= 0.3 is 0 Å². The van der Waals surface area contributed by atoms with Gasteiger partial charge in [-0.1, -0.05) is 6.07 Å². The van der Waals surface area contributed by atoms with Gasteiger partial charge in [0.15, 0.2) is 17.3 Å². The molecule has 0 fully saturated rings. The maximum Gasteiger partial charge on any atom is 0.165 e. The van der Waals surface area contributed by atoms with Gasteiger partial charge in [0, 0.05) is 7.05 Å². The number of nitrogens with zero attached hydrogens (tertiary/aromatic N) is 2. The van der Waals surface area contributed by atoms with Crippen molar-refractivity contribution in [3.63, 3.8) is 0 Å². The normalized spacial score (nSPS) is 10.5. The molecule has 17 heavy (non-hydrogen) atoms. The number of ether oxygens (including phenoxy) is 1. The summed E-state index contributed by atoms with van der Waals surface area (Å²) in [4.78, 5) is 0. The lowest BCUT2D eigenvalue weighted by molar-refractivity contribution is 0.441. The quantitative estimate of drug-likeness (QED) is 0.879. The van der Waals surface area contributed by atoms with E-state index >= 15 is 0 Å². The smallest absolute Gasteiger partial charge is 0.165 e. The number of aryl methyl sites for hydroxylation is 1. The Labute approximate surface area is 98.8 Å². The van der Waals surface area contributed by atoms with E-state index < -0.39 is 0 Å². The summed E-state index contributed by atoms with van der Waals surface area (Å²) >= 11 is 0. The van der Waals surface area contributed by atoms with E-state index in [1.165, 1.54) is 12.3 Å². The third kappa shape index (κ3) is 2.82. The molecule has 0 aliphatic carbocycles. The first-order valence-corrected chi connectivity index (χ1v) is 5.34. The zero-order valence-electron chi connectivity index (χ0n) is 9.56. The summed E-state index contributed by atoms with van der Waals surface area (Å²) in [7, 11) is 1.77. The average Bonchev–Trinajstić information content (AvgIpc) is 2.69. The monoisotopic (exact) mass is 235 g/mol. The van der Waals surface area contributed by atoms with Gasteiger partial charge in [-0.3, -0.25) is 4.68 Å². The van der Waals surface area contributed by atoms with Gasteiger partial charge in [0.2, 0.25) is 0 Å². The minimum absolute atomic E-state index is 0.193. The fourth-order valence-electron chi connectivity index (χ4n) is 1.53. The van der Waals surface area contributed by atoms with Crippen LogP contribution in [0.2, 0.25) is 0 Å². The van der Waals surface area contributed by atoms with Crippen molar-refractivity contribution in [2.45, 2.75) is 6.42 Å². The molecule has 0 saturated heterocycles. The summed E-state index contributed by atoms with van der Waals surface area (Å²) in [5.41, 5.74) is 6.27. The molecule has 1 aromatic heterocycles. The standard InChI is InChI=1S/C12H14FN3O/c1-16-8-10(7-15-16)17-12-3-2-9(4-5-14)6-11(12)13/h2-3,6-8H,4-5,14H2,1H3. The van der Waals surface area contributed by atoms with Crippen LogP contribution < -0.4 is 10.5 Å². The summed E-state index contributed by atoms with van der Waals surface area (Å²) in [5.74, 6) is 0.316. The Morgan fingerprint density at radius 1 is 1.47 bits per heavy atom. The third-order valence-electron chi connectivity index (χ3n) is 2.34. The average molecular weight is 235 g/mol. The van der Waals surface area contributed by atoms with Crippen molar-refractivity contribution in [2.75, 3.05) is 6.54 Å². The van der Waals surface area contributed by atoms with Crippen molar-refractivity contribution >= 4 is 0 Å². The summed E-state index contributed by atoms with van der Waals surface area (Å²) in [5, 5.41) is 3.94. The SMILES string of the molecule is Cn1cc(Oc2ccc(CCN)cc2F)cn1. The van der Waals surface area contributed by atoms with Crippen LogP contribution in [-0.2, 0) is 13.5 Å². The maximum atomic E-state index is 13.7. The topological polar surface area (TPSA) is 53.1 Å². The Morgan fingerprint density at radius 3 is 2.88 bits per heavy atom. The maximum absolute atomic E-state index is 13.7. The highest BCUT2D eigenvalue weighted by molar-refractivity contribution is 5.33. The fourth-order valence-corrected chi connectivity index (χ4v) is 1.53. The predicted octanol–water partition coefficient (Wildman–Crippen LogP) is 1.85. The van der Waals surface area contributed by atoms with Crippen LogP contribution in [0.3, 0.4) is 0 Å². The van der Waals surface area contributed by atoms with Crippen LogP contribution in [0.1, 0.15) is 5.56 Å². The number of halogens is 1. The van der Waals surface area contributed by atoms with Crippen LogP contribution in [0.15, 0.2) is 30.6 Å². The predicted molar refractivity (Wildman–Crippen MR) is 62.4 cm³/mol. The van der Waals surface area contributed by atoms with Gasteiger partial charge in [-0.05, 0) is 30.7 Å². The number of aromatic nitrogens is 2. The van der Waals surface area contributed by atoms with Crippen LogP contribution in [0, 0.1) is 5.82 Å². The van der Waals surface area contributed by atoms with E-state index in [0.717, 1.165) is 5.56 Å². The minimum atomic E-state index is -0.389. The number of hydrogen-bond acceptors (Lipinski definition) is 3. The largest absolute Gasteiger partial charge is 0.451 e. The van der Waals surface area contributed by atoms with Gasteiger partial charge in [0.05, 0.1) is 12.4 Å². The van der Waals surface area contributed by atoms with Crippen molar-refractivity contribution in [2.24, 2.45) is 12.8 Å². The molecule has 1 aromatic carbocycles. The van der Waals surface area contributed by atoms with Gasteiger partial charge in [0.25, 0.3) is 0 Å². The Bertz CT molecular complexity index is 510. The number of benzene rings is 1. The van der Waals surface area contributed by atoms with Crippen molar-refractivity contribution in [3.8, 4) is 11.5 Å². The van der Waals surface area contributed by atoms with Gasteiger partial charge < -0.3 is 10.5 Å². The molecule has 0 atom stereocenters. The molecule has 0 amide bonds. The number of hydrogen-bond donors (Lipinski definition) is 1. The molecular formula is C12H14FN3O. The third-order valence-corrected chi connectivity index (χ3v) is 2.34. The van der Waals surface area contributed by atoms with Gasteiger partial charge in [-0.25, -0.2) is 4.39 Å². The lowest BCUT2D eigenvalue weighted by Gasteiger charge is -2.06. The van der Waals surface area contributed by atoms with Crippen LogP contribution in [0.25, 0.3) is 0 Å². The van der Waals surface area contributed by atoms with E-state index in [-0.39, 0.29) is 11.6 Å². The molecule has 2 rings (SSSR count). The zero-order chi connectivity index (χ0) is 12.3. The van der Waals surface area contributed by atoms with Crippen molar-refractivity contribution in [3.05, 3.63) is 42.0 Å². The zero-order valence-corrected chi connectivity index (χ0v) is 9.56. The van der Waals surface area contributed by atoms with E-state index in [1.807, 2.05) is 6.07 Å². The van der Waals surface area contributed by atoms with Crippen LogP contribution >= 0.6 is 0 Å². The second-order valence-electron chi connectivity index (χ2n) is 3.76. The molecular weight excluding hydrogens is 221 g/mol. The lowest BCUT2D eigenvalue weighted by atomic mass is 10.1. The van der Waals surface area contributed by atoms with Crippen molar-refractivity contribution in [1.82, 2.24) is 9.78 Å². The van der Waals surface area contributed by atoms with Crippen molar-refractivity contribution in [1.29, 1.82) is 0 Å². The Morgan fingerprint density at radius 2 is 2.29 bits per heavy atom. The van der Waals surface area contributed by atoms with E-state index in [4.69, 9.17) is 10.5 Å². The molecule has 90 valence electrons. The van der Waals surface area contributed by atoms with Gasteiger partial charge in [-0.2, -0.15) is 5.10 Å². The van der Waals surface area contributed by atoms with E-state index in [2.05, 4.69) is 5.10 Å². The highest BCUT2D eigenvalue weighted by Crippen LogP contribution is 2.24. The minimum Gasteiger partial charge on any atom is -0.451 e. The summed E-state index contributed by atoms with van der Waals surface area (Å²) in [6.07, 6.45) is 3.87. The van der Waals surface area contributed by atoms with E-state index in [9.17, 15) is 4.39 Å². The lowest BCUT2D eigenvalue weighted by Crippen LogP contribution is -2.03. The molecule has 5 heteroatoms. The number of rotatable bonds is 4. The molecule has 0 radical (unpaired) electrons. The molecule has 0 bridgehead atoms. The highest BCUT2D eigenvalue weighted by atomic mass is 19.1. The first-order chi connectivity index (χ1) is 8.19. The second-order valence-corrected chi connectivity index (χ2v) is 3.76. The van der Waals surface area contributed by atoms with Crippen molar-refractivity contribution < 1.29 is 9.13 Å². The molecule has 0 aliphatic heterocycles. The number of nitrogens with two attached hydrogens (primary N) is 1. The Hall–Kier alpha value is -1.88. The van der Waals surface area contributed by atoms with Crippen LogP contribution in [0.5, 0.6) is 11.5 Å². The highest BCUT2D eigenvalue weighted by Gasteiger charge is 2.06. The van der Waals surface area contributed by atoms with Crippen LogP contribution in [0.4, 0.5) is 4.39 Å². The fraction of sp³-hybridized carbons (Fsp3) is 0.250. The molecule has 0 aliphatic rings. The molecule has 2 aromatic rings. The Balaban J connectivity index is 2.16. The molecule has 0 saturated carbocycles. The Kier molecular flexibility index (Phi) is 3.39. The van der Waals surface area contributed by atoms with E-state index in [1.54, 1.807) is 24.0 Å².